The van der Waals surface area contributed by atoms with Gasteiger partial charge in [0, 0.05) is 25.2 Å². The smallest absolute Gasteiger partial charge is 0.165 e. The van der Waals surface area contributed by atoms with E-state index in [0.717, 1.165) is 13.1 Å². The molecule has 2 heterocycles. The third-order valence-electron chi connectivity index (χ3n) is 4.18. The first kappa shape index (κ1) is 12.2. The highest BCUT2D eigenvalue weighted by atomic mass is 35.5. The summed E-state index contributed by atoms with van der Waals surface area (Å²) >= 11 is 5.88. The molecule has 2 aliphatic rings. The van der Waals surface area contributed by atoms with Crippen molar-refractivity contribution in [3.05, 3.63) is 29.0 Å². The molecule has 98 valence electrons. The van der Waals surface area contributed by atoms with Crippen LogP contribution in [0.25, 0.3) is 0 Å². The van der Waals surface area contributed by atoms with Gasteiger partial charge in [-0.3, -0.25) is 4.90 Å². The van der Waals surface area contributed by atoms with Crippen molar-refractivity contribution < 1.29 is 4.39 Å². The summed E-state index contributed by atoms with van der Waals surface area (Å²) in [5.74, 6) is -0.280. The average Bonchev–Trinajstić information content (AvgIpc) is 2.79. The molecule has 4 heteroatoms. The minimum Gasteiger partial charge on any atom is -0.364 e. The number of benzene rings is 1. The van der Waals surface area contributed by atoms with Crippen molar-refractivity contribution in [3.63, 3.8) is 0 Å². The summed E-state index contributed by atoms with van der Waals surface area (Å²) in [6.07, 6.45) is 2.49. The van der Waals surface area contributed by atoms with Gasteiger partial charge < -0.3 is 4.90 Å². The number of rotatable bonds is 1. The van der Waals surface area contributed by atoms with E-state index in [1.807, 2.05) is 12.1 Å². The molecular formula is C14H18ClFN2. The predicted octanol–water partition coefficient (Wildman–Crippen LogP) is 3.15. The normalized spacial score (nSPS) is 28.5. The molecule has 0 aliphatic carbocycles. The van der Waals surface area contributed by atoms with Crippen LogP contribution in [-0.2, 0) is 0 Å². The van der Waals surface area contributed by atoms with Crippen LogP contribution in [0.5, 0.6) is 0 Å². The van der Waals surface area contributed by atoms with Gasteiger partial charge in [0.05, 0.1) is 10.7 Å². The lowest BCUT2D eigenvalue weighted by Crippen LogP contribution is -2.55. The second kappa shape index (κ2) is 4.71. The van der Waals surface area contributed by atoms with E-state index in [4.69, 9.17) is 11.6 Å². The van der Waals surface area contributed by atoms with Crippen LogP contribution in [0.3, 0.4) is 0 Å². The number of hydrogen-bond donors (Lipinski definition) is 0. The van der Waals surface area contributed by atoms with Crippen LogP contribution in [-0.4, -0.2) is 36.6 Å². The van der Waals surface area contributed by atoms with Crippen LogP contribution < -0.4 is 4.90 Å². The van der Waals surface area contributed by atoms with Gasteiger partial charge >= 0.3 is 0 Å². The van der Waals surface area contributed by atoms with Gasteiger partial charge in [-0.1, -0.05) is 17.7 Å². The lowest BCUT2D eigenvalue weighted by Gasteiger charge is -2.43. The van der Waals surface area contributed by atoms with Crippen LogP contribution in [0, 0.1) is 5.82 Å². The molecule has 0 N–H and O–H groups in total. The first-order chi connectivity index (χ1) is 8.66. The van der Waals surface area contributed by atoms with Gasteiger partial charge in [-0.05, 0) is 38.4 Å². The van der Waals surface area contributed by atoms with E-state index in [1.165, 1.54) is 19.4 Å². The molecule has 2 aliphatic heterocycles. The molecule has 3 rings (SSSR count). The highest BCUT2D eigenvalue weighted by Crippen LogP contribution is 2.32. The van der Waals surface area contributed by atoms with E-state index in [0.29, 0.717) is 17.8 Å². The van der Waals surface area contributed by atoms with Gasteiger partial charge in [-0.25, -0.2) is 4.39 Å². The molecule has 0 aromatic heterocycles. The second-order valence-electron chi connectivity index (χ2n) is 5.37. The third-order valence-corrected chi connectivity index (χ3v) is 4.47. The fraction of sp³-hybridized carbons (Fsp3) is 0.571. The Kier molecular flexibility index (Phi) is 3.20. The van der Waals surface area contributed by atoms with Crippen molar-refractivity contribution in [2.24, 2.45) is 0 Å². The van der Waals surface area contributed by atoms with Crippen LogP contribution in [0.1, 0.15) is 19.8 Å². The Labute approximate surface area is 112 Å². The van der Waals surface area contributed by atoms with Gasteiger partial charge in [0.25, 0.3) is 0 Å². The standard InChI is InChI=1S/C14H18ClFN2/c1-10-8-17-7-3-4-11(17)9-18(10)13-6-2-5-12(15)14(13)16/h2,5-6,10-11H,3-4,7-9H2,1H3. The Balaban J connectivity index is 1.89. The molecule has 0 bridgehead atoms. The second-order valence-corrected chi connectivity index (χ2v) is 5.77. The Morgan fingerprint density at radius 1 is 1.33 bits per heavy atom. The number of hydrogen-bond acceptors (Lipinski definition) is 2. The van der Waals surface area contributed by atoms with E-state index in [-0.39, 0.29) is 10.8 Å². The Morgan fingerprint density at radius 2 is 2.17 bits per heavy atom. The van der Waals surface area contributed by atoms with E-state index in [2.05, 4.69) is 16.7 Å². The zero-order valence-corrected chi connectivity index (χ0v) is 11.3. The zero-order chi connectivity index (χ0) is 12.7. The van der Waals surface area contributed by atoms with Crippen molar-refractivity contribution in [3.8, 4) is 0 Å². The molecule has 0 saturated carbocycles. The third kappa shape index (κ3) is 1.99. The fourth-order valence-electron chi connectivity index (χ4n) is 3.24. The van der Waals surface area contributed by atoms with Crippen molar-refractivity contribution >= 4 is 17.3 Å². The molecule has 0 spiro atoms. The number of halogens is 2. The lowest BCUT2D eigenvalue weighted by atomic mass is 10.1. The summed E-state index contributed by atoms with van der Waals surface area (Å²) in [6, 6.07) is 6.19. The van der Waals surface area contributed by atoms with Crippen LogP contribution in [0.4, 0.5) is 10.1 Å². The van der Waals surface area contributed by atoms with Gasteiger partial charge in [-0.15, -0.1) is 0 Å². The summed E-state index contributed by atoms with van der Waals surface area (Å²) in [7, 11) is 0. The Bertz CT molecular complexity index is 451. The first-order valence-electron chi connectivity index (χ1n) is 6.61. The zero-order valence-electron chi connectivity index (χ0n) is 10.6. The maximum absolute atomic E-state index is 14.1. The van der Waals surface area contributed by atoms with Crippen molar-refractivity contribution in [2.45, 2.75) is 31.8 Å². The maximum atomic E-state index is 14.1. The summed E-state index contributed by atoms with van der Waals surface area (Å²) in [5.41, 5.74) is 0.654. The number of nitrogens with zero attached hydrogens (tertiary/aromatic N) is 2. The Morgan fingerprint density at radius 3 is 3.00 bits per heavy atom. The lowest BCUT2D eigenvalue weighted by molar-refractivity contribution is 0.202. The van der Waals surface area contributed by atoms with Gasteiger partial charge in [0.1, 0.15) is 0 Å². The summed E-state index contributed by atoms with van der Waals surface area (Å²) in [6.45, 7) is 5.30. The largest absolute Gasteiger partial charge is 0.364 e. The van der Waals surface area contributed by atoms with Crippen LogP contribution in [0.2, 0.25) is 5.02 Å². The van der Waals surface area contributed by atoms with Gasteiger partial charge in [-0.2, -0.15) is 0 Å². The SMILES string of the molecule is CC1CN2CCCC2CN1c1cccc(Cl)c1F. The van der Waals surface area contributed by atoms with Crippen LogP contribution in [0.15, 0.2) is 18.2 Å². The molecule has 2 atom stereocenters. The van der Waals surface area contributed by atoms with E-state index < -0.39 is 0 Å². The molecule has 1 aromatic carbocycles. The van der Waals surface area contributed by atoms with Crippen LogP contribution >= 0.6 is 11.6 Å². The van der Waals surface area contributed by atoms with Crippen molar-refractivity contribution in [2.75, 3.05) is 24.5 Å². The Hall–Kier alpha value is -0.800. The topological polar surface area (TPSA) is 6.48 Å². The molecule has 0 radical (unpaired) electrons. The molecule has 2 nitrogen and oxygen atoms in total. The number of piperazine rings is 1. The summed E-state index contributed by atoms with van der Waals surface area (Å²) < 4.78 is 14.1. The van der Waals surface area contributed by atoms with E-state index in [9.17, 15) is 4.39 Å². The minimum atomic E-state index is -0.280. The summed E-state index contributed by atoms with van der Waals surface area (Å²) in [5, 5.41) is 0.216. The monoisotopic (exact) mass is 268 g/mol. The summed E-state index contributed by atoms with van der Waals surface area (Å²) in [4.78, 5) is 4.71. The maximum Gasteiger partial charge on any atom is 0.165 e. The van der Waals surface area contributed by atoms with Crippen molar-refractivity contribution in [1.82, 2.24) is 4.90 Å². The quantitative estimate of drug-likeness (QED) is 0.772. The molecule has 2 fully saturated rings. The number of anilines is 1. The minimum absolute atomic E-state index is 0.216. The predicted molar refractivity (Wildman–Crippen MR) is 72.8 cm³/mol. The van der Waals surface area contributed by atoms with Gasteiger partial charge in [0.2, 0.25) is 0 Å². The molecule has 2 saturated heterocycles. The molecular weight excluding hydrogens is 251 g/mol. The first-order valence-corrected chi connectivity index (χ1v) is 6.99. The fourth-order valence-corrected chi connectivity index (χ4v) is 3.41. The molecule has 1 aromatic rings. The highest BCUT2D eigenvalue weighted by molar-refractivity contribution is 6.31. The number of fused-ring (bicyclic) bond motifs is 1. The van der Waals surface area contributed by atoms with E-state index >= 15 is 0 Å². The highest BCUT2D eigenvalue weighted by Gasteiger charge is 2.35. The molecule has 2 unspecified atom stereocenters. The van der Waals surface area contributed by atoms with Crippen molar-refractivity contribution in [1.29, 1.82) is 0 Å². The van der Waals surface area contributed by atoms with Gasteiger partial charge in [0.15, 0.2) is 5.82 Å². The molecule has 18 heavy (non-hydrogen) atoms. The average molecular weight is 269 g/mol. The molecule has 0 amide bonds. The van der Waals surface area contributed by atoms with E-state index in [1.54, 1.807) is 6.07 Å².